The molecule has 0 saturated carbocycles. The average molecular weight is 672 g/mol. The average Bonchev–Trinajstić information content (AvgIpc) is 3.75. The second kappa shape index (κ2) is 14.6. The van der Waals surface area contributed by atoms with Gasteiger partial charge in [-0.1, -0.05) is 29.0 Å². The topological polar surface area (TPSA) is 138 Å². The summed E-state index contributed by atoms with van der Waals surface area (Å²) in [6.45, 7) is 1.84. The molecule has 2 aliphatic rings. The van der Waals surface area contributed by atoms with Gasteiger partial charge in [-0.05, 0) is 60.9 Å². The first-order valence-corrected chi connectivity index (χ1v) is 15.8. The summed E-state index contributed by atoms with van der Waals surface area (Å²) < 4.78 is 24.7. The number of carbonyl (C=O) groups is 2. The number of hydrogen-bond acceptors (Lipinski definition) is 10. The molecule has 12 nitrogen and oxygen atoms in total. The fourth-order valence-corrected chi connectivity index (χ4v) is 5.74. The third kappa shape index (κ3) is 7.28. The zero-order chi connectivity index (χ0) is 33.6. The predicted octanol–water partition coefficient (Wildman–Crippen LogP) is 5.92. The molecule has 6 rings (SSSR count). The normalized spacial score (nSPS) is 15.3. The quantitative estimate of drug-likeness (QED) is 0.104. The molecule has 48 heavy (non-hydrogen) atoms. The summed E-state index contributed by atoms with van der Waals surface area (Å²) in [4.78, 5) is 32.1. The van der Waals surface area contributed by atoms with E-state index in [1.807, 2.05) is 11.1 Å². The number of carbonyl (C=O) groups excluding carboxylic acids is 2. The molecule has 248 valence electrons. The van der Waals surface area contributed by atoms with Gasteiger partial charge in [-0.3, -0.25) is 19.3 Å². The van der Waals surface area contributed by atoms with Gasteiger partial charge in [-0.15, -0.1) is 5.10 Å². The molecule has 4 aromatic rings. The number of halogens is 1. The Kier molecular flexibility index (Phi) is 9.91. The Hall–Kier alpha value is -5.36. The number of phenolic OH excluding ortho intramolecular Hbond substituents is 1. The molecule has 0 spiro atoms. The van der Waals surface area contributed by atoms with E-state index in [4.69, 9.17) is 30.5 Å². The minimum absolute atomic E-state index is 0.0211. The summed E-state index contributed by atoms with van der Waals surface area (Å²) >= 11 is 5.96. The largest absolute Gasteiger partial charge is 0.507 e. The van der Waals surface area contributed by atoms with E-state index in [1.54, 1.807) is 54.4 Å². The Balaban J connectivity index is 1.00. The van der Waals surface area contributed by atoms with Crippen LogP contribution in [-0.4, -0.2) is 76.3 Å². The van der Waals surface area contributed by atoms with Crippen LogP contribution in [0, 0.1) is 0 Å². The van der Waals surface area contributed by atoms with Crippen molar-refractivity contribution < 1.29 is 33.6 Å². The highest BCUT2D eigenvalue weighted by atomic mass is 35.5. The van der Waals surface area contributed by atoms with Crippen LogP contribution in [0.5, 0.6) is 28.7 Å². The summed E-state index contributed by atoms with van der Waals surface area (Å²) in [5.41, 5.74) is 2.53. The standard InChI is InChI=1S/C35H34ClN5O7/c1-45-32-15-22(6-9-29(42)27-16-23(36)8-10-30(27)43)7-11-31(32)47-14-4-12-40-20-24(38-39-40)21-48-34-18-28-26(17-33(34)46-2)35(44)41-13-3-5-25(41)19-37-28/h6-11,15-20,25,43H,3-5,12-14,21H2,1-2H3/b9-6+/t25-/m0/s1. The Labute approximate surface area is 282 Å². The zero-order valence-corrected chi connectivity index (χ0v) is 27.2. The molecule has 0 radical (unpaired) electrons. The maximum Gasteiger partial charge on any atom is 0.256 e. The van der Waals surface area contributed by atoms with Crippen molar-refractivity contribution in [2.45, 2.75) is 38.5 Å². The van der Waals surface area contributed by atoms with Gasteiger partial charge in [0, 0.05) is 36.8 Å². The molecule has 13 heteroatoms. The number of phenols is 1. The zero-order valence-electron chi connectivity index (χ0n) is 26.5. The number of nitrogens with zero attached hydrogens (tertiary/aromatic N) is 5. The second-order valence-corrected chi connectivity index (χ2v) is 11.7. The Morgan fingerprint density at radius 2 is 1.88 bits per heavy atom. The van der Waals surface area contributed by atoms with E-state index in [9.17, 15) is 14.7 Å². The van der Waals surface area contributed by atoms with Gasteiger partial charge in [0.25, 0.3) is 5.91 Å². The Morgan fingerprint density at radius 1 is 1.04 bits per heavy atom. The highest BCUT2D eigenvalue weighted by Crippen LogP contribution is 2.38. The van der Waals surface area contributed by atoms with E-state index in [0.717, 1.165) is 24.9 Å². The fourth-order valence-electron chi connectivity index (χ4n) is 5.57. The van der Waals surface area contributed by atoms with Crippen LogP contribution in [-0.2, 0) is 13.2 Å². The highest BCUT2D eigenvalue weighted by molar-refractivity contribution is 6.31. The van der Waals surface area contributed by atoms with Crippen LogP contribution in [0.3, 0.4) is 0 Å². The van der Waals surface area contributed by atoms with E-state index < -0.39 is 0 Å². The minimum atomic E-state index is -0.376. The van der Waals surface area contributed by atoms with Crippen LogP contribution < -0.4 is 18.9 Å². The number of hydrogen-bond donors (Lipinski definition) is 1. The monoisotopic (exact) mass is 671 g/mol. The van der Waals surface area contributed by atoms with Crippen molar-refractivity contribution in [3.63, 3.8) is 0 Å². The van der Waals surface area contributed by atoms with E-state index in [1.165, 1.54) is 31.4 Å². The number of aromatic nitrogens is 3. The molecule has 1 fully saturated rings. The Bertz CT molecular complexity index is 1890. The number of fused-ring (bicyclic) bond motifs is 2. The van der Waals surface area contributed by atoms with E-state index in [-0.39, 0.29) is 35.7 Å². The van der Waals surface area contributed by atoms with E-state index in [0.29, 0.717) is 64.5 Å². The molecule has 1 saturated heterocycles. The molecule has 1 N–H and O–H groups in total. The van der Waals surface area contributed by atoms with Crippen LogP contribution in [0.1, 0.15) is 51.2 Å². The summed E-state index contributed by atoms with van der Waals surface area (Å²) in [7, 11) is 3.08. The maximum atomic E-state index is 13.1. The van der Waals surface area contributed by atoms with E-state index >= 15 is 0 Å². The SMILES string of the molecule is COc1cc(/C=C/C(=O)c2cc(Cl)ccc2O)ccc1OCCCn1cc(COc2cc3c(cc2OC)C(=O)N2CCC[C@H]2C=N3)nn1. The van der Waals surface area contributed by atoms with Crippen molar-refractivity contribution >= 4 is 41.3 Å². The molecule has 3 aromatic carbocycles. The number of rotatable bonds is 13. The lowest BCUT2D eigenvalue weighted by molar-refractivity contribution is 0.0774. The lowest BCUT2D eigenvalue weighted by Crippen LogP contribution is -2.35. The minimum Gasteiger partial charge on any atom is -0.507 e. The van der Waals surface area contributed by atoms with Gasteiger partial charge in [0.15, 0.2) is 28.8 Å². The Morgan fingerprint density at radius 3 is 2.71 bits per heavy atom. The third-order valence-corrected chi connectivity index (χ3v) is 8.28. The molecule has 0 bridgehead atoms. The first-order chi connectivity index (χ1) is 23.3. The summed E-state index contributed by atoms with van der Waals surface area (Å²) in [5, 5.41) is 18.7. The maximum absolute atomic E-state index is 13.1. The smallest absolute Gasteiger partial charge is 0.256 e. The van der Waals surface area contributed by atoms with Crippen LogP contribution in [0.25, 0.3) is 6.08 Å². The lowest BCUT2D eigenvalue weighted by atomic mass is 10.1. The van der Waals surface area contributed by atoms with Gasteiger partial charge >= 0.3 is 0 Å². The predicted molar refractivity (Wildman–Crippen MR) is 179 cm³/mol. The molecule has 0 unspecified atom stereocenters. The number of allylic oxidation sites excluding steroid dienone is 1. The number of aromatic hydroxyl groups is 1. The summed E-state index contributed by atoms with van der Waals surface area (Å²) in [6, 6.07) is 13.1. The van der Waals surface area contributed by atoms with Crippen molar-refractivity contribution in [2.75, 3.05) is 27.4 Å². The molecule has 1 aromatic heterocycles. The van der Waals surface area contributed by atoms with Gasteiger partial charge in [0.2, 0.25) is 0 Å². The van der Waals surface area contributed by atoms with Crippen LogP contribution >= 0.6 is 11.6 Å². The van der Waals surface area contributed by atoms with Crippen LogP contribution in [0.4, 0.5) is 5.69 Å². The van der Waals surface area contributed by atoms with Gasteiger partial charge in [-0.25, -0.2) is 0 Å². The molecule has 2 aliphatic heterocycles. The van der Waals surface area contributed by atoms with Gasteiger partial charge in [-0.2, -0.15) is 0 Å². The first-order valence-electron chi connectivity index (χ1n) is 15.4. The number of aryl methyl sites for hydroxylation is 1. The molecule has 1 amide bonds. The molecule has 0 aliphatic carbocycles. The van der Waals surface area contributed by atoms with Crippen LogP contribution in [0.2, 0.25) is 5.02 Å². The number of aliphatic imine (C=N–C) groups is 1. The summed E-state index contributed by atoms with van der Waals surface area (Å²) in [6.07, 6.45) is 9.16. The van der Waals surface area contributed by atoms with Gasteiger partial charge in [0.05, 0.1) is 49.9 Å². The molecule has 3 heterocycles. The van der Waals surface area contributed by atoms with Gasteiger partial charge < -0.3 is 29.0 Å². The third-order valence-electron chi connectivity index (χ3n) is 8.05. The number of ketones is 1. The van der Waals surface area contributed by atoms with Crippen molar-refractivity contribution in [1.29, 1.82) is 0 Å². The summed E-state index contributed by atoms with van der Waals surface area (Å²) in [5.74, 6) is 1.43. The molecular formula is C35H34ClN5O7. The van der Waals surface area contributed by atoms with E-state index in [2.05, 4.69) is 15.3 Å². The van der Waals surface area contributed by atoms with Crippen molar-refractivity contribution in [3.05, 3.63) is 88.2 Å². The fraction of sp³-hybridized carbons (Fsp3) is 0.286. The number of ether oxygens (including phenoxy) is 4. The first kappa shape index (κ1) is 32.6. The molecule has 1 atom stereocenters. The second-order valence-electron chi connectivity index (χ2n) is 11.2. The van der Waals surface area contributed by atoms with Crippen LogP contribution in [0.15, 0.2) is 65.8 Å². The lowest BCUT2D eigenvalue weighted by Gasteiger charge is -2.20. The molecular weight excluding hydrogens is 638 g/mol. The highest BCUT2D eigenvalue weighted by Gasteiger charge is 2.32. The number of amides is 1. The number of methoxy groups -OCH3 is 2. The van der Waals surface area contributed by atoms with Gasteiger partial charge in [0.1, 0.15) is 18.1 Å². The number of benzene rings is 3. The van der Waals surface area contributed by atoms with Crippen molar-refractivity contribution in [1.82, 2.24) is 19.9 Å². The van der Waals surface area contributed by atoms with Crippen molar-refractivity contribution in [2.24, 2.45) is 4.99 Å². The van der Waals surface area contributed by atoms with Crippen molar-refractivity contribution in [3.8, 4) is 28.7 Å².